The first-order chi connectivity index (χ1) is 19.5. The summed E-state index contributed by atoms with van der Waals surface area (Å²) in [6, 6.07) is 20.2. The number of aromatic nitrogens is 1. The highest BCUT2D eigenvalue weighted by molar-refractivity contribution is 7.15. The van der Waals surface area contributed by atoms with Gasteiger partial charge in [-0.15, -0.1) is 11.3 Å². The maximum Gasteiger partial charge on any atom is 0.416 e. The van der Waals surface area contributed by atoms with Gasteiger partial charge in [-0.1, -0.05) is 54.5 Å². The number of thiazole rings is 1. The molecule has 0 aliphatic carbocycles. The Morgan fingerprint density at radius 2 is 1.76 bits per heavy atom. The van der Waals surface area contributed by atoms with Crippen LogP contribution in [0.15, 0.2) is 78.0 Å². The molecule has 4 aromatic rings. The van der Waals surface area contributed by atoms with Crippen LogP contribution in [0.1, 0.15) is 46.2 Å². The van der Waals surface area contributed by atoms with Gasteiger partial charge >= 0.3 is 12.1 Å². The molecule has 0 saturated heterocycles. The zero-order valence-electron chi connectivity index (χ0n) is 22.7. The SMILES string of the molecule is CCC(Oc1ccc(/C(Cc2ccccc2)=N/OCc2sc(-c3ccc(C(F)(F)F)cc3)nc2C)cc1C)C(=O)O. The van der Waals surface area contributed by atoms with Crippen molar-refractivity contribution in [1.29, 1.82) is 0 Å². The molecule has 1 N–H and O–H groups in total. The van der Waals surface area contributed by atoms with E-state index >= 15 is 0 Å². The summed E-state index contributed by atoms with van der Waals surface area (Å²) in [6.07, 6.45) is -4.50. The Hall–Kier alpha value is -4.18. The molecule has 1 aromatic heterocycles. The first-order valence-corrected chi connectivity index (χ1v) is 13.7. The summed E-state index contributed by atoms with van der Waals surface area (Å²) < 4.78 is 44.5. The number of alkyl halides is 3. The van der Waals surface area contributed by atoms with Crippen LogP contribution in [0.4, 0.5) is 13.2 Å². The van der Waals surface area contributed by atoms with Crippen LogP contribution < -0.4 is 4.74 Å². The number of rotatable bonds is 11. The van der Waals surface area contributed by atoms with Gasteiger partial charge in [-0.25, -0.2) is 9.78 Å². The number of carbonyl (C=O) groups is 1. The van der Waals surface area contributed by atoms with E-state index in [1.807, 2.05) is 56.3 Å². The molecule has 214 valence electrons. The van der Waals surface area contributed by atoms with Gasteiger partial charge in [0.1, 0.15) is 10.8 Å². The average Bonchev–Trinajstić information content (AvgIpc) is 3.32. The Labute approximate surface area is 240 Å². The topological polar surface area (TPSA) is 81.0 Å². The number of hydrogen-bond donors (Lipinski definition) is 1. The third-order valence-electron chi connectivity index (χ3n) is 6.36. The van der Waals surface area contributed by atoms with Crippen molar-refractivity contribution >= 4 is 23.0 Å². The van der Waals surface area contributed by atoms with Crippen LogP contribution in [0.25, 0.3) is 10.6 Å². The monoisotopic (exact) mass is 582 g/mol. The van der Waals surface area contributed by atoms with Gasteiger partial charge in [0, 0.05) is 17.5 Å². The fourth-order valence-corrected chi connectivity index (χ4v) is 5.03. The number of carboxylic acids is 1. The summed E-state index contributed by atoms with van der Waals surface area (Å²) in [4.78, 5) is 22.5. The maximum atomic E-state index is 12.9. The fraction of sp³-hybridized carbons (Fsp3) is 0.258. The van der Waals surface area contributed by atoms with E-state index in [1.54, 1.807) is 13.0 Å². The van der Waals surface area contributed by atoms with Crippen molar-refractivity contribution in [3.8, 4) is 16.3 Å². The second kappa shape index (κ2) is 13.0. The van der Waals surface area contributed by atoms with Gasteiger partial charge in [0.25, 0.3) is 0 Å². The first-order valence-electron chi connectivity index (χ1n) is 12.9. The lowest BCUT2D eigenvalue weighted by Gasteiger charge is -2.16. The van der Waals surface area contributed by atoms with E-state index in [9.17, 15) is 23.1 Å². The van der Waals surface area contributed by atoms with Crippen LogP contribution in [0.5, 0.6) is 5.75 Å². The highest BCUT2D eigenvalue weighted by atomic mass is 32.1. The van der Waals surface area contributed by atoms with Crippen LogP contribution in [-0.4, -0.2) is 27.9 Å². The van der Waals surface area contributed by atoms with Crippen molar-refractivity contribution in [3.63, 3.8) is 0 Å². The van der Waals surface area contributed by atoms with E-state index < -0.39 is 23.8 Å². The molecule has 4 rings (SSSR count). The molecule has 0 aliphatic rings. The van der Waals surface area contributed by atoms with E-state index in [0.717, 1.165) is 33.7 Å². The molecule has 10 heteroatoms. The van der Waals surface area contributed by atoms with E-state index in [-0.39, 0.29) is 6.61 Å². The Kier molecular flexibility index (Phi) is 9.44. The minimum atomic E-state index is -4.39. The Morgan fingerprint density at radius 3 is 2.37 bits per heavy atom. The number of aliphatic carboxylic acids is 1. The summed E-state index contributed by atoms with van der Waals surface area (Å²) >= 11 is 1.34. The summed E-state index contributed by atoms with van der Waals surface area (Å²) in [6.45, 7) is 5.55. The normalized spacial score (nSPS) is 12.7. The number of carboxylic acid groups (broad SMARTS) is 1. The number of aryl methyl sites for hydroxylation is 2. The molecule has 3 aromatic carbocycles. The maximum absolute atomic E-state index is 12.9. The van der Waals surface area contributed by atoms with Crippen molar-refractivity contribution in [2.45, 2.75) is 52.5 Å². The average molecular weight is 583 g/mol. The van der Waals surface area contributed by atoms with Gasteiger partial charge < -0.3 is 14.7 Å². The number of hydrogen-bond acceptors (Lipinski definition) is 6. The largest absolute Gasteiger partial charge is 0.479 e. The molecular weight excluding hydrogens is 553 g/mol. The van der Waals surface area contributed by atoms with Crippen LogP contribution in [-0.2, 0) is 28.8 Å². The minimum absolute atomic E-state index is 0.138. The summed E-state index contributed by atoms with van der Waals surface area (Å²) in [5.41, 5.74) is 3.86. The molecule has 1 heterocycles. The highest BCUT2D eigenvalue weighted by Gasteiger charge is 2.30. The second-order valence-electron chi connectivity index (χ2n) is 9.41. The standard InChI is InChI=1S/C31H29F3N2O4S/c1-4-26(30(37)38)40-27-15-12-23(16-19(27)2)25(17-21-8-6-5-7-9-21)36-39-18-28-20(3)35-29(41-28)22-10-13-24(14-11-22)31(32,33)34/h5-16,26H,4,17-18H2,1-3H3,(H,37,38)/b36-25+. The molecule has 6 nitrogen and oxygen atoms in total. The van der Waals surface area contributed by atoms with Crippen molar-refractivity contribution in [2.75, 3.05) is 0 Å². The Bertz CT molecular complexity index is 1520. The number of oxime groups is 1. The number of benzene rings is 3. The zero-order valence-corrected chi connectivity index (χ0v) is 23.6. The first kappa shape index (κ1) is 29.8. The van der Waals surface area contributed by atoms with E-state index in [2.05, 4.69) is 10.1 Å². The van der Waals surface area contributed by atoms with Crippen molar-refractivity contribution in [3.05, 3.63) is 106 Å². The lowest BCUT2D eigenvalue weighted by atomic mass is 10.0. The van der Waals surface area contributed by atoms with Crippen LogP contribution >= 0.6 is 11.3 Å². The Morgan fingerprint density at radius 1 is 1.05 bits per heavy atom. The molecule has 0 radical (unpaired) electrons. The molecule has 41 heavy (non-hydrogen) atoms. The molecule has 0 amide bonds. The van der Waals surface area contributed by atoms with Crippen molar-refractivity contribution in [1.82, 2.24) is 4.98 Å². The Balaban J connectivity index is 1.54. The van der Waals surface area contributed by atoms with E-state index in [1.165, 1.54) is 23.5 Å². The third-order valence-corrected chi connectivity index (χ3v) is 7.54. The molecule has 0 spiro atoms. The summed E-state index contributed by atoms with van der Waals surface area (Å²) in [5, 5.41) is 14.4. The van der Waals surface area contributed by atoms with Gasteiger partial charge in [-0.3, -0.25) is 0 Å². The smallest absolute Gasteiger partial charge is 0.416 e. The zero-order chi connectivity index (χ0) is 29.6. The highest BCUT2D eigenvalue weighted by Crippen LogP contribution is 2.33. The number of halogens is 3. The number of ether oxygens (including phenoxy) is 1. The summed E-state index contributed by atoms with van der Waals surface area (Å²) in [7, 11) is 0. The van der Waals surface area contributed by atoms with E-state index in [4.69, 9.17) is 9.57 Å². The molecule has 0 bridgehead atoms. The van der Waals surface area contributed by atoms with Crippen LogP contribution in [0.3, 0.4) is 0 Å². The fourth-order valence-electron chi connectivity index (χ4n) is 4.06. The van der Waals surface area contributed by atoms with Gasteiger partial charge in [0.2, 0.25) is 0 Å². The third kappa shape index (κ3) is 7.73. The molecular formula is C31H29F3N2O4S. The van der Waals surface area contributed by atoms with Gasteiger partial charge in [-0.05, 0) is 61.7 Å². The van der Waals surface area contributed by atoms with Crippen LogP contribution in [0.2, 0.25) is 0 Å². The predicted octanol–water partition coefficient (Wildman–Crippen LogP) is 7.85. The molecule has 0 fully saturated rings. The lowest BCUT2D eigenvalue weighted by molar-refractivity contribution is -0.145. The number of nitrogens with zero attached hydrogens (tertiary/aromatic N) is 2. The molecule has 1 atom stereocenters. The minimum Gasteiger partial charge on any atom is -0.479 e. The van der Waals surface area contributed by atoms with Gasteiger partial charge in [0.05, 0.1) is 21.8 Å². The predicted molar refractivity (Wildman–Crippen MR) is 152 cm³/mol. The summed E-state index contributed by atoms with van der Waals surface area (Å²) in [5.74, 6) is -0.533. The van der Waals surface area contributed by atoms with Crippen molar-refractivity contribution in [2.24, 2.45) is 5.16 Å². The lowest BCUT2D eigenvalue weighted by Crippen LogP contribution is -2.26. The van der Waals surface area contributed by atoms with E-state index in [0.29, 0.717) is 40.6 Å². The molecule has 1 unspecified atom stereocenters. The van der Waals surface area contributed by atoms with Gasteiger partial charge in [-0.2, -0.15) is 13.2 Å². The quantitative estimate of drug-likeness (QED) is 0.144. The molecule has 0 saturated carbocycles. The van der Waals surface area contributed by atoms with Crippen LogP contribution in [0, 0.1) is 13.8 Å². The van der Waals surface area contributed by atoms with Gasteiger partial charge in [0.15, 0.2) is 12.7 Å². The second-order valence-corrected chi connectivity index (χ2v) is 10.5. The van der Waals surface area contributed by atoms with Crippen molar-refractivity contribution < 1.29 is 32.6 Å². The molecule has 0 aliphatic heterocycles.